The number of hydrogen-bond donors (Lipinski definition) is 0. The van der Waals surface area contributed by atoms with Crippen LogP contribution in [0, 0.1) is 4.91 Å². The van der Waals surface area contributed by atoms with Crippen molar-refractivity contribution in [3.8, 4) is 66.8 Å². The number of benzene rings is 7. The van der Waals surface area contributed by atoms with E-state index >= 15 is 0 Å². The highest BCUT2D eigenvalue weighted by Crippen LogP contribution is 2.49. The summed E-state index contributed by atoms with van der Waals surface area (Å²) < 4.78 is 3.67. The van der Waals surface area contributed by atoms with E-state index in [0.717, 1.165) is 39.1 Å². The number of nitrogens with zero attached hydrogens (tertiary/aromatic N) is 1. The van der Waals surface area contributed by atoms with Gasteiger partial charge in [0.2, 0.25) is 0 Å². The molecule has 7 aromatic carbocycles. The van der Waals surface area contributed by atoms with Crippen molar-refractivity contribution in [2.45, 2.75) is 163 Å². The number of nitroso groups, excluding NO2 is 1. The number of rotatable bonds is 16. The van der Waals surface area contributed by atoms with Crippen LogP contribution in [-0.4, -0.2) is 0 Å². The van der Waals surface area contributed by atoms with Crippen LogP contribution in [0.1, 0.15) is 203 Å². The van der Waals surface area contributed by atoms with Crippen molar-refractivity contribution in [1.29, 1.82) is 0 Å². The standard InChI is InChI=1S/C66H77NOS/c1-38(2)52-22-17-23-53(39(3)4)62(52)48-32-46(33-49(36-48)63-54(40(5)6)24-18-25-55(63)41(7)8)60-30-21-31-61(66(60)69-67-68)47-34-50(64-56(42(9)10)26-19-27-57(64)43(11)12)37-51(35-47)65-58(44(13)14)28-20-29-59(65)45(15)16/h17-45H,1-16H3. The molecule has 0 spiro atoms. The van der Waals surface area contributed by atoms with E-state index in [-0.39, 0.29) is 0 Å². The average Bonchev–Trinajstić information content (AvgIpc) is 3.32. The van der Waals surface area contributed by atoms with Crippen molar-refractivity contribution in [2.75, 3.05) is 0 Å². The highest BCUT2D eigenvalue weighted by atomic mass is 32.2. The van der Waals surface area contributed by atoms with Crippen molar-refractivity contribution in [2.24, 2.45) is 4.58 Å². The van der Waals surface area contributed by atoms with Gasteiger partial charge in [0.1, 0.15) is 0 Å². The lowest BCUT2D eigenvalue weighted by Gasteiger charge is -2.25. The van der Waals surface area contributed by atoms with E-state index in [9.17, 15) is 4.91 Å². The molecule has 0 saturated heterocycles. The smallest absolute Gasteiger partial charge is 0.0583 e. The van der Waals surface area contributed by atoms with E-state index < -0.39 is 0 Å². The van der Waals surface area contributed by atoms with Crippen LogP contribution in [0.5, 0.6) is 0 Å². The molecule has 0 aromatic heterocycles. The third kappa shape index (κ3) is 10.5. The van der Waals surface area contributed by atoms with Gasteiger partial charge >= 0.3 is 0 Å². The van der Waals surface area contributed by atoms with Crippen molar-refractivity contribution in [3.05, 3.63) is 177 Å². The van der Waals surface area contributed by atoms with Gasteiger partial charge < -0.3 is 0 Å². The molecule has 3 heteroatoms. The second kappa shape index (κ2) is 21.6. The Kier molecular flexibility index (Phi) is 16.1. The molecule has 0 bridgehead atoms. The monoisotopic (exact) mass is 932 g/mol. The molecule has 0 amide bonds. The number of hydrogen-bond acceptors (Lipinski definition) is 3. The zero-order valence-electron chi connectivity index (χ0n) is 44.5. The summed E-state index contributed by atoms with van der Waals surface area (Å²) in [5, 5.41) is 0. The fourth-order valence-electron chi connectivity index (χ4n) is 10.8. The van der Waals surface area contributed by atoms with Gasteiger partial charge in [-0.25, -0.2) is 0 Å². The molecule has 7 aromatic rings. The molecule has 0 heterocycles. The van der Waals surface area contributed by atoms with Gasteiger partial charge in [0, 0.05) is 9.48 Å². The van der Waals surface area contributed by atoms with Gasteiger partial charge in [-0.3, -0.25) is 0 Å². The van der Waals surface area contributed by atoms with Gasteiger partial charge in [0.05, 0.1) is 11.9 Å². The van der Waals surface area contributed by atoms with Gasteiger partial charge in [-0.15, -0.1) is 4.91 Å². The first kappa shape index (κ1) is 51.3. The minimum atomic E-state index is 0.323. The predicted molar refractivity (Wildman–Crippen MR) is 303 cm³/mol. The van der Waals surface area contributed by atoms with Crippen LogP contribution >= 0.6 is 11.9 Å². The van der Waals surface area contributed by atoms with Crippen LogP contribution in [0.3, 0.4) is 0 Å². The van der Waals surface area contributed by atoms with E-state index in [4.69, 9.17) is 0 Å². The minimum Gasteiger partial charge on any atom is -0.137 e. The van der Waals surface area contributed by atoms with Crippen LogP contribution < -0.4 is 0 Å². The molecular weight excluding hydrogens is 855 g/mol. The summed E-state index contributed by atoms with van der Waals surface area (Å²) in [4.78, 5) is 13.8. The van der Waals surface area contributed by atoms with E-state index in [0.29, 0.717) is 47.3 Å². The van der Waals surface area contributed by atoms with Crippen molar-refractivity contribution < 1.29 is 0 Å². The summed E-state index contributed by atoms with van der Waals surface area (Å²) >= 11 is 1.06. The molecule has 0 fully saturated rings. The summed E-state index contributed by atoms with van der Waals surface area (Å²) in [7, 11) is 0. The fraction of sp³-hybridized carbons (Fsp3) is 0.364. The lowest BCUT2D eigenvalue weighted by atomic mass is 9.80. The summed E-state index contributed by atoms with van der Waals surface area (Å²) in [5.41, 5.74) is 25.0. The first-order valence-electron chi connectivity index (χ1n) is 25.8. The lowest BCUT2D eigenvalue weighted by molar-refractivity contribution is 0.836. The molecule has 0 aliphatic carbocycles. The lowest BCUT2D eigenvalue weighted by Crippen LogP contribution is -2.03. The fourth-order valence-corrected chi connectivity index (χ4v) is 11.5. The molecule has 0 aliphatic rings. The van der Waals surface area contributed by atoms with Gasteiger partial charge in [0.25, 0.3) is 0 Å². The maximum Gasteiger partial charge on any atom is 0.0583 e. The molecule has 0 atom stereocenters. The molecular formula is C66H77NOS. The second-order valence-electron chi connectivity index (χ2n) is 21.9. The normalized spacial score (nSPS) is 12.1. The van der Waals surface area contributed by atoms with Crippen LogP contribution in [0.4, 0.5) is 0 Å². The molecule has 358 valence electrons. The second-order valence-corrected chi connectivity index (χ2v) is 22.7. The molecule has 0 radical (unpaired) electrons. The van der Waals surface area contributed by atoms with E-state index in [2.05, 4.69) is 243 Å². The Balaban J connectivity index is 1.63. The van der Waals surface area contributed by atoms with Gasteiger partial charge in [-0.2, -0.15) is 0 Å². The Morgan fingerprint density at radius 3 is 0.667 bits per heavy atom. The van der Waals surface area contributed by atoms with Crippen LogP contribution in [0.2, 0.25) is 0 Å². The van der Waals surface area contributed by atoms with Crippen LogP contribution in [0.15, 0.2) is 137 Å². The SMILES string of the molecule is CC(C)c1cccc(C(C)C)c1-c1cc(-c2cccc(-c3cc(-c4c(C(C)C)cccc4C(C)C)cc(-c4c(C(C)C)cccc4C(C)C)c3)c2SN=O)cc(-c2c(C(C)C)cccc2C(C)C)c1. The largest absolute Gasteiger partial charge is 0.137 e. The van der Waals surface area contributed by atoms with Crippen molar-refractivity contribution >= 4 is 11.9 Å². The Morgan fingerprint density at radius 1 is 0.290 bits per heavy atom. The topological polar surface area (TPSA) is 29.4 Å². The molecule has 0 N–H and O–H groups in total. The predicted octanol–water partition coefficient (Wildman–Crippen LogP) is 21.4. The van der Waals surface area contributed by atoms with Crippen molar-refractivity contribution in [3.63, 3.8) is 0 Å². The molecule has 7 rings (SSSR count). The zero-order valence-corrected chi connectivity index (χ0v) is 45.3. The first-order chi connectivity index (χ1) is 32.8. The summed E-state index contributed by atoms with van der Waals surface area (Å²) in [6, 6.07) is 48.5. The first-order valence-corrected chi connectivity index (χ1v) is 26.6. The maximum atomic E-state index is 13.0. The van der Waals surface area contributed by atoms with Gasteiger partial charge in [0.15, 0.2) is 0 Å². The quantitative estimate of drug-likeness (QED) is 0.0714. The Morgan fingerprint density at radius 2 is 0.478 bits per heavy atom. The Labute approximate surface area is 420 Å². The van der Waals surface area contributed by atoms with Gasteiger partial charge in [-0.1, -0.05) is 202 Å². The zero-order chi connectivity index (χ0) is 50.0. The molecule has 0 aliphatic heterocycles. The highest BCUT2D eigenvalue weighted by molar-refractivity contribution is 7.98. The summed E-state index contributed by atoms with van der Waals surface area (Å²) in [6.45, 7) is 36.9. The molecule has 0 saturated carbocycles. The summed E-state index contributed by atoms with van der Waals surface area (Å²) in [5.74, 6) is 2.59. The summed E-state index contributed by atoms with van der Waals surface area (Å²) in [6.07, 6.45) is 0. The van der Waals surface area contributed by atoms with E-state index in [1.165, 1.54) is 89.0 Å². The Hall–Kier alpha value is -5.51. The van der Waals surface area contributed by atoms with Crippen LogP contribution in [0.25, 0.3) is 66.8 Å². The highest BCUT2D eigenvalue weighted by Gasteiger charge is 2.25. The Bertz CT molecular complexity index is 2500. The molecule has 69 heavy (non-hydrogen) atoms. The van der Waals surface area contributed by atoms with E-state index in [1.807, 2.05) is 0 Å². The van der Waals surface area contributed by atoms with Crippen molar-refractivity contribution in [1.82, 2.24) is 0 Å². The average molecular weight is 932 g/mol. The third-order valence-corrected chi connectivity index (χ3v) is 15.0. The van der Waals surface area contributed by atoms with Crippen LogP contribution in [-0.2, 0) is 0 Å². The minimum absolute atomic E-state index is 0.323. The molecule has 0 unspecified atom stereocenters. The maximum absolute atomic E-state index is 13.0. The molecule has 2 nitrogen and oxygen atoms in total. The van der Waals surface area contributed by atoms with Gasteiger partial charge in [-0.05, 0) is 195 Å². The van der Waals surface area contributed by atoms with E-state index in [1.54, 1.807) is 0 Å². The third-order valence-electron chi connectivity index (χ3n) is 14.3.